The zero-order valence-corrected chi connectivity index (χ0v) is 23.0. The molecule has 2 aromatic rings. The predicted molar refractivity (Wildman–Crippen MR) is 144 cm³/mol. The highest BCUT2D eigenvalue weighted by Gasteiger charge is 2.29. The molecule has 0 spiro atoms. The molecule has 0 aromatic carbocycles. The van der Waals surface area contributed by atoms with Gasteiger partial charge >= 0.3 is 6.03 Å². The Morgan fingerprint density at radius 3 is 2.87 bits per heavy atom. The third kappa shape index (κ3) is 7.87. The van der Waals surface area contributed by atoms with Crippen molar-refractivity contribution in [2.45, 2.75) is 52.0 Å². The Morgan fingerprint density at radius 1 is 1.31 bits per heavy atom. The molecule has 0 saturated carbocycles. The van der Waals surface area contributed by atoms with E-state index in [-0.39, 0.29) is 43.7 Å². The molecule has 1 saturated heterocycles. The molecule has 1 fully saturated rings. The number of hydrogen-bond donors (Lipinski definition) is 2. The average molecular weight is 545 g/mol. The molecule has 0 unspecified atom stereocenters. The number of aromatic nitrogens is 4. The molecule has 13 heteroatoms. The molecular formula is C26H40N8O5. The van der Waals surface area contributed by atoms with Gasteiger partial charge in [0.15, 0.2) is 0 Å². The number of aryl methyl sites for hydroxylation is 1. The fourth-order valence-electron chi connectivity index (χ4n) is 4.73. The summed E-state index contributed by atoms with van der Waals surface area (Å²) in [5, 5.41) is 21.1. The molecule has 13 nitrogen and oxygen atoms in total. The van der Waals surface area contributed by atoms with Crippen molar-refractivity contribution in [3.8, 4) is 0 Å². The summed E-state index contributed by atoms with van der Waals surface area (Å²) in [6, 6.07) is 3.02. The zero-order valence-electron chi connectivity index (χ0n) is 23.0. The number of pyridine rings is 1. The van der Waals surface area contributed by atoms with Gasteiger partial charge in [-0.1, -0.05) is 12.1 Å². The summed E-state index contributed by atoms with van der Waals surface area (Å²) in [6.45, 7) is 8.01. The SMILES string of the molecule is C[C@H]1CN([C@@H](C)CO)C(=O)CCCn2cc(nn2)CO[C@H]1CN(C)C(=O)Nc1ccnc(N2CCOCC2)c1. The second-order valence-corrected chi connectivity index (χ2v) is 10.3. The summed E-state index contributed by atoms with van der Waals surface area (Å²) >= 11 is 0. The summed E-state index contributed by atoms with van der Waals surface area (Å²) in [7, 11) is 1.71. The number of carbonyl (C=O) groups is 2. The molecule has 2 N–H and O–H groups in total. The van der Waals surface area contributed by atoms with Crippen molar-refractivity contribution in [2.75, 3.05) is 63.3 Å². The summed E-state index contributed by atoms with van der Waals surface area (Å²) in [5.74, 6) is 0.645. The fraction of sp³-hybridized carbons (Fsp3) is 0.654. The number of fused-ring (bicyclic) bond motifs is 2. The monoisotopic (exact) mass is 544 g/mol. The van der Waals surface area contributed by atoms with Gasteiger partial charge in [-0.3, -0.25) is 9.48 Å². The number of likely N-dealkylation sites (N-methyl/N-ethyl adjacent to an activating group) is 1. The molecule has 2 aromatic heterocycles. The lowest BCUT2D eigenvalue weighted by molar-refractivity contribution is -0.136. The van der Waals surface area contributed by atoms with Crippen LogP contribution in [0.4, 0.5) is 16.3 Å². The summed E-state index contributed by atoms with van der Waals surface area (Å²) in [6.07, 6.45) is 4.08. The van der Waals surface area contributed by atoms with Crippen LogP contribution >= 0.6 is 0 Å². The van der Waals surface area contributed by atoms with Gasteiger partial charge in [-0.15, -0.1) is 5.10 Å². The average Bonchev–Trinajstić information content (AvgIpc) is 3.41. The number of carbonyl (C=O) groups excluding carboxylic acids is 2. The highest BCUT2D eigenvalue weighted by atomic mass is 16.5. The molecule has 4 heterocycles. The molecule has 2 bridgehead atoms. The number of urea groups is 1. The van der Waals surface area contributed by atoms with E-state index in [9.17, 15) is 14.7 Å². The molecule has 0 aliphatic carbocycles. The van der Waals surface area contributed by atoms with E-state index in [1.54, 1.807) is 33.8 Å². The highest BCUT2D eigenvalue weighted by molar-refractivity contribution is 5.89. The third-order valence-corrected chi connectivity index (χ3v) is 7.18. The lowest BCUT2D eigenvalue weighted by atomic mass is 10.0. The smallest absolute Gasteiger partial charge is 0.321 e. The normalized spacial score (nSPS) is 21.9. The quantitative estimate of drug-likeness (QED) is 0.549. The third-order valence-electron chi connectivity index (χ3n) is 7.18. The molecule has 214 valence electrons. The van der Waals surface area contributed by atoms with Crippen LogP contribution < -0.4 is 10.2 Å². The number of rotatable bonds is 6. The van der Waals surface area contributed by atoms with Crippen LogP contribution in [0.15, 0.2) is 24.5 Å². The Balaban J connectivity index is 1.45. The van der Waals surface area contributed by atoms with Crippen LogP contribution in [-0.2, 0) is 27.4 Å². The van der Waals surface area contributed by atoms with Crippen molar-refractivity contribution >= 4 is 23.4 Å². The highest BCUT2D eigenvalue weighted by Crippen LogP contribution is 2.20. The van der Waals surface area contributed by atoms with Crippen LogP contribution in [0.25, 0.3) is 0 Å². The fourth-order valence-corrected chi connectivity index (χ4v) is 4.73. The number of morpholine rings is 1. The molecule has 2 aliphatic rings. The van der Waals surface area contributed by atoms with Crippen LogP contribution in [0.1, 0.15) is 32.4 Å². The van der Waals surface area contributed by atoms with Crippen molar-refractivity contribution < 1.29 is 24.2 Å². The van der Waals surface area contributed by atoms with E-state index in [0.717, 1.165) is 18.9 Å². The van der Waals surface area contributed by atoms with Crippen LogP contribution in [0, 0.1) is 5.92 Å². The molecule has 3 amide bonds. The number of amides is 3. The first kappa shape index (κ1) is 28.7. The van der Waals surface area contributed by atoms with Gasteiger partial charge in [-0.2, -0.15) is 0 Å². The van der Waals surface area contributed by atoms with E-state index in [1.807, 2.05) is 26.1 Å². The molecule has 3 atom stereocenters. The van der Waals surface area contributed by atoms with Crippen molar-refractivity contribution in [1.29, 1.82) is 0 Å². The maximum atomic E-state index is 13.2. The molecule has 4 rings (SSSR count). The zero-order chi connectivity index (χ0) is 27.8. The largest absolute Gasteiger partial charge is 0.394 e. The van der Waals surface area contributed by atoms with Crippen LogP contribution in [0.5, 0.6) is 0 Å². The number of aliphatic hydroxyl groups excluding tert-OH is 1. The number of nitrogens with zero attached hydrogens (tertiary/aromatic N) is 7. The number of nitrogens with one attached hydrogen (secondary N) is 1. The second-order valence-electron chi connectivity index (χ2n) is 10.3. The summed E-state index contributed by atoms with van der Waals surface area (Å²) in [4.78, 5) is 36.1. The Bertz CT molecular complexity index is 1090. The number of aliphatic hydroxyl groups is 1. The summed E-state index contributed by atoms with van der Waals surface area (Å²) < 4.78 is 13.4. The van der Waals surface area contributed by atoms with Crippen molar-refractivity contribution in [3.63, 3.8) is 0 Å². The number of hydrogen-bond acceptors (Lipinski definition) is 9. The van der Waals surface area contributed by atoms with Gasteiger partial charge in [0.25, 0.3) is 0 Å². The van der Waals surface area contributed by atoms with Crippen molar-refractivity contribution in [1.82, 2.24) is 29.8 Å². The van der Waals surface area contributed by atoms with E-state index < -0.39 is 6.10 Å². The van der Waals surface area contributed by atoms with E-state index >= 15 is 0 Å². The number of ether oxygens (including phenoxy) is 2. The second kappa shape index (κ2) is 13.7. The van der Waals surface area contributed by atoms with Crippen molar-refractivity contribution in [3.05, 3.63) is 30.2 Å². The first-order valence-electron chi connectivity index (χ1n) is 13.6. The standard InChI is InChI=1S/C26H40N8O5/c1-19-14-34(20(2)17-35)25(36)5-4-8-33-15-22(29-30-33)18-39-23(19)16-31(3)26(37)28-21-6-7-27-24(13-21)32-9-11-38-12-10-32/h6-7,13,15,19-20,23,35H,4-5,8-12,14,16-18H2,1-3H3,(H,27,28,37)/t19-,20-,23-/m0/s1. The lowest BCUT2D eigenvalue weighted by Crippen LogP contribution is -2.48. The van der Waals surface area contributed by atoms with Gasteiger partial charge in [0.2, 0.25) is 5.91 Å². The molecule has 2 aliphatic heterocycles. The van der Waals surface area contributed by atoms with Gasteiger partial charge in [-0.25, -0.2) is 9.78 Å². The van der Waals surface area contributed by atoms with E-state index in [1.165, 1.54) is 0 Å². The van der Waals surface area contributed by atoms with Gasteiger partial charge in [0, 0.05) is 70.1 Å². The minimum Gasteiger partial charge on any atom is -0.394 e. The number of anilines is 2. The first-order valence-corrected chi connectivity index (χ1v) is 13.6. The Kier molecular flexibility index (Phi) is 10.1. The van der Waals surface area contributed by atoms with E-state index in [0.29, 0.717) is 50.5 Å². The van der Waals surface area contributed by atoms with Gasteiger partial charge in [0.05, 0.1) is 44.8 Å². The van der Waals surface area contributed by atoms with Gasteiger partial charge in [0.1, 0.15) is 11.5 Å². The summed E-state index contributed by atoms with van der Waals surface area (Å²) in [5.41, 5.74) is 1.34. The van der Waals surface area contributed by atoms with Crippen LogP contribution in [0.2, 0.25) is 0 Å². The molecular weight excluding hydrogens is 504 g/mol. The molecule has 39 heavy (non-hydrogen) atoms. The predicted octanol–water partition coefficient (Wildman–Crippen LogP) is 1.20. The Labute approximate surface area is 229 Å². The first-order chi connectivity index (χ1) is 18.8. The van der Waals surface area contributed by atoms with Gasteiger partial charge < -0.3 is 34.6 Å². The van der Waals surface area contributed by atoms with E-state index in [2.05, 4.69) is 25.5 Å². The minimum atomic E-state index is -0.394. The minimum absolute atomic E-state index is 0.0263. The van der Waals surface area contributed by atoms with Crippen molar-refractivity contribution in [2.24, 2.45) is 5.92 Å². The van der Waals surface area contributed by atoms with Gasteiger partial charge in [-0.05, 0) is 19.4 Å². The lowest BCUT2D eigenvalue weighted by Gasteiger charge is -2.35. The Morgan fingerprint density at radius 2 is 2.10 bits per heavy atom. The van der Waals surface area contributed by atoms with Crippen LogP contribution in [-0.4, -0.2) is 112 Å². The maximum Gasteiger partial charge on any atom is 0.321 e. The Hall–Kier alpha value is -3.29. The van der Waals surface area contributed by atoms with E-state index in [4.69, 9.17) is 9.47 Å². The maximum absolute atomic E-state index is 13.2. The van der Waals surface area contributed by atoms with Crippen LogP contribution in [0.3, 0.4) is 0 Å². The molecule has 0 radical (unpaired) electrons. The topological polar surface area (TPSA) is 138 Å².